The van der Waals surface area contributed by atoms with E-state index in [1.54, 1.807) is 6.92 Å². The highest BCUT2D eigenvalue weighted by atomic mass is 35.5. The number of carbonyl (C=O) groups is 1. The second-order valence-electron chi connectivity index (χ2n) is 5.35. The average Bonchev–Trinajstić information content (AvgIpc) is 2.85. The van der Waals surface area contributed by atoms with Gasteiger partial charge in [0.2, 0.25) is 4.39 Å². The molecule has 1 N–H and O–H groups in total. The van der Waals surface area contributed by atoms with E-state index in [9.17, 15) is 14.9 Å². The fourth-order valence-electron chi connectivity index (χ4n) is 2.16. The van der Waals surface area contributed by atoms with Crippen LogP contribution in [-0.2, 0) is 9.53 Å². The number of hydrogen-bond acceptors (Lipinski definition) is 7. The third-order valence-electron chi connectivity index (χ3n) is 3.29. The summed E-state index contributed by atoms with van der Waals surface area (Å²) in [6.07, 6.45) is 0.539. The lowest BCUT2D eigenvalue weighted by atomic mass is 10.2. The lowest BCUT2D eigenvalue weighted by Crippen LogP contribution is -2.27. The third-order valence-corrected chi connectivity index (χ3v) is 4.87. The van der Waals surface area contributed by atoms with Crippen molar-refractivity contribution in [3.63, 3.8) is 0 Å². The zero-order chi connectivity index (χ0) is 17.9. The number of hydrogen-bond donors (Lipinski definition) is 1. The highest BCUT2D eigenvalue weighted by molar-refractivity contribution is 8.04. The first-order valence-corrected chi connectivity index (χ1v) is 8.34. The molecule has 7 nitrogen and oxygen atoms in total. The Kier molecular flexibility index (Phi) is 5.61. The average molecular weight is 373 g/mol. The molecule has 130 valence electrons. The molecule has 9 heteroatoms. The second kappa shape index (κ2) is 7.31. The minimum atomic E-state index is -0.967. The molecule has 1 aliphatic heterocycles. The van der Waals surface area contributed by atoms with E-state index in [4.69, 9.17) is 16.3 Å². The highest BCUT2D eigenvalue weighted by Crippen LogP contribution is 2.45. The van der Waals surface area contributed by atoms with Crippen molar-refractivity contribution < 1.29 is 19.2 Å². The largest absolute Gasteiger partial charge is 0.467 e. The molecule has 0 saturated heterocycles. The number of methoxy groups -OCH3 is 1. The Morgan fingerprint density at radius 2 is 2.25 bits per heavy atom. The first-order chi connectivity index (χ1) is 11.2. The second-order valence-corrected chi connectivity index (χ2v) is 7.31. The number of alkyl halides is 1. The zero-order valence-corrected chi connectivity index (χ0v) is 14.9. The number of esters is 1. The van der Waals surface area contributed by atoms with Crippen molar-refractivity contribution in [2.75, 3.05) is 12.4 Å². The molecule has 0 radical (unpaired) electrons. The van der Waals surface area contributed by atoms with E-state index >= 15 is 0 Å². The summed E-state index contributed by atoms with van der Waals surface area (Å²) in [6.45, 7) is 3.49. The SMILES string of the molecule is COC(=O)C(C)Nc1cc(OC2(Cl)CC(C)=CS2)ccc1[N+](=O)[O-]. The first kappa shape index (κ1) is 18.4. The monoisotopic (exact) mass is 372 g/mol. The Labute approximate surface area is 148 Å². The molecular formula is C15H17ClN2O5S. The van der Waals surface area contributed by atoms with E-state index in [-0.39, 0.29) is 11.4 Å². The molecule has 0 amide bonds. The highest BCUT2D eigenvalue weighted by Gasteiger charge is 2.35. The van der Waals surface area contributed by atoms with Gasteiger partial charge in [-0.1, -0.05) is 28.9 Å². The molecule has 0 aliphatic carbocycles. The Bertz CT molecular complexity index is 696. The Morgan fingerprint density at radius 3 is 2.79 bits per heavy atom. The number of rotatable bonds is 6. The van der Waals surface area contributed by atoms with Crippen LogP contribution in [0.3, 0.4) is 0 Å². The zero-order valence-electron chi connectivity index (χ0n) is 13.4. The summed E-state index contributed by atoms with van der Waals surface area (Å²) in [4.78, 5) is 22.2. The number of thioether (sulfide) groups is 1. The van der Waals surface area contributed by atoms with Crippen molar-refractivity contribution in [2.45, 2.75) is 30.7 Å². The van der Waals surface area contributed by atoms with Gasteiger partial charge in [-0.2, -0.15) is 0 Å². The molecule has 2 rings (SSSR count). The number of nitro benzene ring substituents is 1. The van der Waals surface area contributed by atoms with Gasteiger partial charge in [-0.3, -0.25) is 10.1 Å². The number of ether oxygens (including phenoxy) is 2. The van der Waals surface area contributed by atoms with Crippen LogP contribution in [0.1, 0.15) is 20.3 Å². The van der Waals surface area contributed by atoms with E-state index in [2.05, 4.69) is 10.1 Å². The van der Waals surface area contributed by atoms with Crippen LogP contribution in [0.2, 0.25) is 0 Å². The molecule has 0 fully saturated rings. The number of nitrogens with zero attached hydrogens (tertiary/aromatic N) is 1. The number of benzene rings is 1. The van der Waals surface area contributed by atoms with Crippen molar-refractivity contribution in [2.24, 2.45) is 0 Å². The minimum absolute atomic E-state index is 0.156. The van der Waals surface area contributed by atoms with Crippen LogP contribution in [0, 0.1) is 10.1 Å². The molecule has 0 spiro atoms. The molecule has 0 aromatic heterocycles. The number of halogens is 1. The molecule has 2 atom stereocenters. The van der Waals surface area contributed by atoms with Crippen LogP contribution < -0.4 is 10.1 Å². The van der Waals surface area contributed by atoms with E-state index in [0.717, 1.165) is 5.57 Å². The van der Waals surface area contributed by atoms with Crippen LogP contribution in [0.15, 0.2) is 29.2 Å². The van der Waals surface area contributed by atoms with Gasteiger partial charge in [-0.15, -0.1) is 0 Å². The fourth-order valence-corrected chi connectivity index (χ4v) is 3.51. The summed E-state index contributed by atoms with van der Waals surface area (Å²) in [6, 6.07) is 3.49. The number of nitro groups is 1. The summed E-state index contributed by atoms with van der Waals surface area (Å²) < 4.78 is 9.42. The lowest BCUT2D eigenvalue weighted by molar-refractivity contribution is -0.384. The van der Waals surface area contributed by atoms with Crippen molar-refractivity contribution in [1.82, 2.24) is 0 Å². The molecular weight excluding hydrogens is 356 g/mol. The van der Waals surface area contributed by atoms with Gasteiger partial charge in [-0.25, -0.2) is 4.79 Å². The number of anilines is 1. The minimum Gasteiger partial charge on any atom is -0.467 e. The molecule has 1 aromatic rings. The van der Waals surface area contributed by atoms with Crippen LogP contribution in [0.5, 0.6) is 5.75 Å². The van der Waals surface area contributed by atoms with Crippen LogP contribution in [0.4, 0.5) is 11.4 Å². The van der Waals surface area contributed by atoms with Crippen LogP contribution >= 0.6 is 23.4 Å². The first-order valence-electron chi connectivity index (χ1n) is 7.08. The normalized spacial score (nSPS) is 20.9. The van der Waals surface area contributed by atoms with E-state index in [0.29, 0.717) is 12.2 Å². The van der Waals surface area contributed by atoms with Gasteiger partial charge >= 0.3 is 5.97 Å². The van der Waals surface area contributed by atoms with Crippen LogP contribution in [0.25, 0.3) is 0 Å². The molecule has 1 heterocycles. The Hall–Kier alpha value is -1.93. The van der Waals surface area contributed by atoms with E-state index in [1.165, 1.54) is 37.1 Å². The quantitative estimate of drug-likeness (QED) is 0.350. The van der Waals surface area contributed by atoms with Gasteiger partial charge in [0.1, 0.15) is 17.5 Å². The van der Waals surface area contributed by atoms with E-state index < -0.39 is 21.3 Å². The van der Waals surface area contributed by atoms with Crippen molar-refractivity contribution in [1.29, 1.82) is 0 Å². The van der Waals surface area contributed by atoms with Gasteiger partial charge in [0.05, 0.1) is 12.0 Å². The summed E-state index contributed by atoms with van der Waals surface area (Å²) in [5.74, 6) is -0.165. The maximum absolute atomic E-state index is 11.5. The Balaban J connectivity index is 2.24. The predicted octanol–water partition coefficient (Wildman–Crippen LogP) is 3.88. The van der Waals surface area contributed by atoms with Gasteiger partial charge < -0.3 is 14.8 Å². The maximum atomic E-state index is 11.5. The summed E-state index contributed by atoms with van der Waals surface area (Å²) in [7, 11) is 1.25. The lowest BCUT2D eigenvalue weighted by Gasteiger charge is -2.23. The Morgan fingerprint density at radius 1 is 1.54 bits per heavy atom. The maximum Gasteiger partial charge on any atom is 0.327 e. The molecule has 0 saturated carbocycles. The van der Waals surface area contributed by atoms with Crippen molar-refractivity contribution >= 4 is 40.7 Å². The number of nitrogens with one attached hydrogen (secondary N) is 1. The van der Waals surface area contributed by atoms with Crippen LogP contribution in [-0.4, -0.2) is 28.4 Å². The van der Waals surface area contributed by atoms with Gasteiger partial charge in [-0.05, 0) is 25.3 Å². The van der Waals surface area contributed by atoms with Gasteiger partial charge in [0, 0.05) is 18.6 Å². The predicted molar refractivity (Wildman–Crippen MR) is 93.4 cm³/mol. The fraction of sp³-hybridized carbons (Fsp3) is 0.400. The van der Waals surface area contributed by atoms with Gasteiger partial charge in [0.15, 0.2) is 0 Å². The molecule has 24 heavy (non-hydrogen) atoms. The third kappa shape index (κ3) is 4.33. The van der Waals surface area contributed by atoms with E-state index in [1.807, 2.05) is 12.3 Å². The molecule has 1 aromatic carbocycles. The summed E-state index contributed by atoms with van der Waals surface area (Å²) >= 11 is 7.73. The van der Waals surface area contributed by atoms with Gasteiger partial charge in [0.25, 0.3) is 5.69 Å². The van der Waals surface area contributed by atoms with Crippen molar-refractivity contribution in [3.8, 4) is 5.75 Å². The standard InChI is InChI=1S/C15H17ClN2O5S/c1-9-7-15(16,24-8-9)23-11-4-5-13(18(20)21)12(6-11)17-10(2)14(19)22-3/h4-6,8,10,17H,7H2,1-3H3. The summed E-state index contributed by atoms with van der Waals surface area (Å²) in [5, 5.41) is 15.9. The van der Waals surface area contributed by atoms with Crippen molar-refractivity contribution in [3.05, 3.63) is 39.3 Å². The molecule has 2 unspecified atom stereocenters. The smallest absolute Gasteiger partial charge is 0.327 e. The molecule has 0 bridgehead atoms. The number of carbonyl (C=O) groups excluding carboxylic acids is 1. The molecule has 1 aliphatic rings. The summed E-state index contributed by atoms with van der Waals surface area (Å²) in [5.41, 5.74) is 1.08. The topological polar surface area (TPSA) is 90.7 Å².